The first-order valence-electron chi connectivity index (χ1n) is 5.87. The van der Waals surface area contributed by atoms with Crippen LogP contribution in [0.25, 0.3) is 0 Å². The Morgan fingerprint density at radius 1 is 1.05 bits per heavy atom. The van der Waals surface area contributed by atoms with Gasteiger partial charge in [-0.3, -0.25) is 4.79 Å². The van der Waals surface area contributed by atoms with Crippen LogP contribution in [-0.4, -0.2) is 16.4 Å². The predicted octanol–water partition coefficient (Wildman–Crippen LogP) is 3.29. The van der Waals surface area contributed by atoms with Gasteiger partial charge in [0.15, 0.2) is 0 Å². The van der Waals surface area contributed by atoms with Crippen molar-refractivity contribution in [1.29, 1.82) is 0 Å². The first-order valence-corrected chi connectivity index (χ1v) is 7.79. The second kappa shape index (κ2) is 5.36. The quantitative estimate of drug-likeness (QED) is 0.843. The van der Waals surface area contributed by atoms with Crippen LogP contribution < -0.4 is 0 Å². The molecule has 2 aromatic carbocycles. The lowest BCUT2D eigenvalue weighted by Crippen LogP contribution is -2.03. The third kappa shape index (κ3) is 3.29. The number of rotatable bonds is 2. The summed E-state index contributed by atoms with van der Waals surface area (Å²) < 4.78 is 16.3. The summed E-state index contributed by atoms with van der Waals surface area (Å²) in [5, 5.41) is 0. The van der Waals surface area contributed by atoms with Crippen LogP contribution in [0.1, 0.15) is 15.9 Å². The van der Waals surface area contributed by atoms with E-state index in [2.05, 4.69) is 4.36 Å². The van der Waals surface area contributed by atoms with Crippen LogP contribution in [-0.2, 0) is 9.73 Å². The van der Waals surface area contributed by atoms with Crippen molar-refractivity contribution in [1.82, 2.24) is 0 Å². The zero-order chi connectivity index (χ0) is 13.9. The number of carbonyl (C=O) groups is 1. The average molecular weight is 273 g/mol. The highest BCUT2D eigenvalue weighted by atomic mass is 32.2. The minimum atomic E-state index is -2.70. The minimum Gasteiger partial charge on any atom is -0.266 e. The molecule has 0 saturated heterocycles. The molecule has 0 N–H and O–H groups in total. The Labute approximate surface area is 113 Å². The summed E-state index contributed by atoms with van der Waals surface area (Å²) in [7, 11) is -2.70. The number of nitrogens with zero attached hydrogens (tertiary/aromatic N) is 1. The van der Waals surface area contributed by atoms with Crippen molar-refractivity contribution in [2.45, 2.75) is 11.8 Å². The average Bonchev–Trinajstić information content (AvgIpc) is 2.39. The van der Waals surface area contributed by atoms with Gasteiger partial charge in [-0.1, -0.05) is 35.9 Å². The van der Waals surface area contributed by atoms with E-state index in [0.29, 0.717) is 10.5 Å². The molecule has 1 amide bonds. The molecule has 0 aromatic heterocycles. The maximum absolute atomic E-state index is 12.5. The SMILES string of the molecule is Cc1cccc(C(=O)N=S(C)(=O)c2ccccc2)c1. The van der Waals surface area contributed by atoms with Crippen LogP contribution in [0.15, 0.2) is 63.9 Å². The smallest absolute Gasteiger partial charge is 0.266 e. The van der Waals surface area contributed by atoms with Crippen LogP contribution in [0.5, 0.6) is 0 Å². The summed E-state index contributed by atoms with van der Waals surface area (Å²) in [5.74, 6) is -0.444. The van der Waals surface area contributed by atoms with Gasteiger partial charge in [0.25, 0.3) is 5.91 Å². The van der Waals surface area contributed by atoms with Crippen molar-refractivity contribution in [3.63, 3.8) is 0 Å². The van der Waals surface area contributed by atoms with E-state index in [4.69, 9.17) is 0 Å². The van der Waals surface area contributed by atoms with Gasteiger partial charge >= 0.3 is 0 Å². The Morgan fingerprint density at radius 2 is 1.74 bits per heavy atom. The molecule has 2 aromatic rings. The summed E-state index contributed by atoms with van der Waals surface area (Å²) in [6.45, 7) is 1.90. The van der Waals surface area contributed by atoms with E-state index < -0.39 is 15.6 Å². The Balaban J connectivity index is 2.41. The van der Waals surface area contributed by atoms with Crippen molar-refractivity contribution in [2.24, 2.45) is 4.36 Å². The molecule has 0 saturated carbocycles. The third-order valence-corrected chi connectivity index (χ3v) is 4.36. The lowest BCUT2D eigenvalue weighted by Gasteiger charge is -2.04. The molecule has 0 bridgehead atoms. The molecule has 0 aliphatic carbocycles. The van der Waals surface area contributed by atoms with Gasteiger partial charge in [0, 0.05) is 16.7 Å². The van der Waals surface area contributed by atoms with Crippen LogP contribution in [0.4, 0.5) is 0 Å². The van der Waals surface area contributed by atoms with Crippen molar-refractivity contribution < 1.29 is 9.00 Å². The monoisotopic (exact) mass is 273 g/mol. The molecule has 1 atom stereocenters. The highest BCUT2D eigenvalue weighted by molar-refractivity contribution is 7.93. The van der Waals surface area contributed by atoms with E-state index in [9.17, 15) is 9.00 Å². The highest BCUT2D eigenvalue weighted by Crippen LogP contribution is 2.13. The largest absolute Gasteiger partial charge is 0.285 e. The van der Waals surface area contributed by atoms with Crippen LogP contribution in [0.2, 0.25) is 0 Å². The van der Waals surface area contributed by atoms with Crippen molar-refractivity contribution in [2.75, 3.05) is 6.26 Å². The topological polar surface area (TPSA) is 46.5 Å². The van der Waals surface area contributed by atoms with E-state index in [1.807, 2.05) is 19.1 Å². The fourth-order valence-corrected chi connectivity index (χ4v) is 2.90. The van der Waals surface area contributed by atoms with Gasteiger partial charge in [0.1, 0.15) is 0 Å². The Bertz CT molecular complexity index is 714. The molecule has 98 valence electrons. The number of aryl methyl sites for hydroxylation is 1. The molecule has 3 nitrogen and oxygen atoms in total. The normalized spacial score (nSPS) is 13.6. The zero-order valence-electron chi connectivity index (χ0n) is 10.9. The first kappa shape index (κ1) is 13.5. The fraction of sp³-hybridized carbons (Fsp3) is 0.133. The molecule has 4 heteroatoms. The van der Waals surface area contributed by atoms with Gasteiger partial charge in [-0.2, -0.15) is 4.36 Å². The molecule has 0 radical (unpaired) electrons. The molecule has 0 heterocycles. The van der Waals surface area contributed by atoms with Crippen LogP contribution >= 0.6 is 0 Å². The standard InChI is InChI=1S/C15H15NO2S/c1-12-7-6-8-13(11-12)15(17)16-19(2,18)14-9-4-3-5-10-14/h3-11H,1-2H3. The Hall–Kier alpha value is -1.94. The molecule has 0 spiro atoms. The maximum atomic E-state index is 12.5. The molecule has 2 rings (SSSR count). The Kier molecular flexibility index (Phi) is 3.81. The molecule has 0 aliphatic heterocycles. The highest BCUT2D eigenvalue weighted by Gasteiger charge is 2.10. The lowest BCUT2D eigenvalue weighted by atomic mass is 10.1. The van der Waals surface area contributed by atoms with E-state index in [0.717, 1.165) is 5.56 Å². The van der Waals surface area contributed by atoms with Crippen molar-refractivity contribution >= 4 is 15.6 Å². The summed E-state index contributed by atoms with van der Waals surface area (Å²) >= 11 is 0. The lowest BCUT2D eigenvalue weighted by molar-refractivity contribution is 0.100. The van der Waals surface area contributed by atoms with Crippen LogP contribution in [0.3, 0.4) is 0 Å². The summed E-state index contributed by atoms with van der Waals surface area (Å²) in [5.41, 5.74) is 1.44. The number of hydrogen-bond acceptors (Lipinski definition) is 2. The van der Waals surface area contributed by atoms with Gasteiger partial charge in [-0.15, -0.1) is 0 Å². The van der Waals surface area contributed by atoms with Crippen LogP contribution in [0, 0.1) is 6.92 Å². The maximum Gasteiger partial charge on any atom is 0.285 e. The van der Waals surface area contributed by atoms with Crippen molar-refractivity contribution in [3.05, 3.63) is 65.7 Å². The van der Waals surface area contributed by atoms with Gasteiger partial charge in [-0.25, -0.2) is 4.21 Å². The second-order valence-corrected chi connectivity index (χ2v) is 6.64. The minimum absolute atomic E-state index is 0.444. The van der Waals surface area contributed by atoms with E-state index in [1.165, 1.54) is 6.26 Å². The second-order valence-electron chi connectivity index (χ2n) is 4.38. The van der Waals surface area contributed by atoms with Gasteiger partial charge in [0.2, 0.25) is 0 Å². The van der Waals surface area contributed by atoms with E-state index in [-0.39, 0.29) is 0 Å². The molecule has 0 fully saturated rings. The van der Waals surface area contributed by atoms with Gasteiger partial charge in [0.05, 0.1) is 9.73 Å². The van der Waals surface area contributed by atoms with Crippen molar-refractivity contribution in [3.8, 4) is 0 Å². The summed E-state index contributed by atoms with van der Waals surface area (Å²) in [4.78, 5) is 12.6. The number of hydrogen-bond donors (Lipinski definition) is 0. The number of benzene rings is 2. The summed E-state index contributed by atoms with van der Waals surface area (Å²) in [6.07, 6.45) is 1.48. The zero-order valence-corrected chi connectivity index (χ0v) is 11.7. The molecule has 0 aliphatic rings. The molecular weight excluding hydrogens is 258 g/mol. The molecule has 19 heavy (non-hydrogen) atoms. The van der Waals surface area contributed by atoms with Gasteiger partial charge in [-0.05, 0) is 31.2 Å². The fourth-order valence-electron chi connectivity index (χ4n) is 1.71. The summed E-state index contributed by atoms with van der Waals surface area (Å²) in [6, 6.07) is 15.9. The molecule has 1 unspecified atom stereocenters. The Morgan fingerprint density at radius 3 is 2.37 bits per heavy atom. The van der Waals surface area contributed by atoms with E-state index >= 15 is 0 Å². The number of carbonyl (C=O) groups excluding carboxylic acids is 1. The third-order valence-electron chi connectivity index (χ3n) is 2.70. The first-order chi connectivity index (χ1) is 8.99. The number of amides is 1. The molecular formula is C15H15NO2S. The predicted molar refractivity (Wildman–Crippen MR) is 76.7 cm³/mol. The van der Waals surface area contributed by atoms with E-state index in [1.54, 1.807) is 42.5 Å². The van der Waals surface area contributed by atoms with Gasteiger partial charge < -0.3 is 0 Å².